The smallest absolute Gasteiger partial charge is 0.318 e. The molecule has 7 heteroatoms. The number of carbonyl (C=O) groups excluding carboxylic acids is 2. The van der Waals surface area contributed by atoms with E-state index in [9.17, 15) is 9.59 Å². The van der Waals surface area contributed by atoms with Gasteiger partial charge in [0.25, 0.3) is 5.91 Å². The van der Waals surface area contributed by atoms with Gasteiger partial charge in [-0.05, 0) is 52.0 Å². The van der Waals surface area contributed by atoms with E-state index in [0.717, 1.165) is 25.9 Å². The number of pyridine rings is 1. The summed E-state index contributed by atoms with van der Waals surface area (Å²) >= 11 is 0. The molecular weight excluding hydrogens is 318 g/mol. The average molecular weight is 345 g/mol. The second-order valence-electron chi connectivity index (χ2n) is 6.86. The Morgan fingerprint density at radius 2 is 1.96 bits per heavy atom. The fourth-order valence-corrected chi connectivity index (χ4v) is 3.59. The van der Waals surface area contributed by atoms with Crippen LogP contribution in [0.5, 0.6) is 0 Å². The predicted octanol–water partition coefficient (Wildman–Crippen LogP) is 1.03. The van der Waals surface area contributed by atoms with Crippen LogP contribution >= 0.6 is 0 Å². The molecule has 0 bridgehead atoms. The van der Waals surface area contributed by atoms with Crippen molar-refractivity contribution in [1.29, 1.82) is 0 Å². The van der Waals surface area contributed by atoms with Crippen LogP contribution in [0.2, 0.25) is 0 Å². The molecule has 3 heterocycles. The molecule has 7 nitrogen and oxygen atoms in total. The molecule has 25 heavy (non-hydrogen) atoms. The lowest BCUT2D eigenvalue weighted by Gasteiger charge is -2.49. The van der Waals surface area contributed by atoms with E-state index >= 15 is 0 Å². The number of nitrogens with one attached hydrogen (secondary N) is 1. The van der Waals surface area contributed by atoms with Gasteiger partial charge in [-0.1, -0.05) is 6.07 Å². The SMILES string of the molecule is CCNC(=O)N(C1CCN(C)CC1)C1CN(C(=O)c2ccccn2)C1. The van der Waals surface area contributed by atoms with E-state index in [2.05, 4.69) is 22.2 Å². The van der Waals surface area contributed by atoms with Gasteiger partial charge in [-0.3, -0.25) is 9.78 Å². The highest BCUT2D eigenvalue weighted by Crippen LogP contribution is 2.24. The maximum absolute atomic E-state index is 12.6. The topological polar surface area (TPSA) is 68.8 Å². The Morgan fingerprint density at radius 3 is 2.56 bits per heavy atom. The number of carbonyl (C=O) groups is 2. The quantitative estimate of drug-likeness (QED) is 0.885. The second-order valence-corrected chi connectivity index (χ2v) is 6.86. The second kappa shape index (κ2) is 7.82. The third-order valence-electron chi connectivity index (χ3n) is 5.07. The number of nitrogens with zero attached hydrogens (tertiary/aromatic N) is 4. The molecular formula is C18H27N5O2. The molecule has 2 fully saturated rings. The molecule has 2 aliphatic rings. The molecule has 1 N–H and O–H groups in total. The zero-order valence-corrected chi connectivity index (χ0v) is 15.0. The van der Waals surface area contributed by atoms with Crippen LogP contribution in [0.4, 0.5) is 4.79 Å². The maximum Gasteiger partial charge on any atom is 0.318 e. The van der Waals surface area contributed by atoms with Gasteiger partial charge in [-0.15, -0.1) is 0 Å². The van der Waals surface area contributed by atoms with Crippen LogP contribution in [0, 0.1) is 0 Å². The highest BCUT2D eigenvalue weighted by Gasteiger charge is 2.41. The van der Waals surface area contributed by atoms with Crippen LogP contribution in [-0.4, -0.2) is 83.5 Å². The lowest BCUT2D eigenvalue weighted by atomic mass is 9.98. The van der Waals surface area contributed by atoms with Crippen molar-refractivity contribution >= 4 is 11.9 Å². The predicted molar refractivity (Wildman–Crippen MR) is 95.4 cm³/mol. The van der Waals surface area contributed by atoms with Crippen molar-refractivity contribution in [2.24, 2.45) is 0 Å². The molecule has 0 unspecified atom stereocenters. The molecule has 1 aromatic rings. The van der Waals surface area contributed by atoms with Gasteiger partial charge in [0.05, 0.1) is 6.04 Å². The molecule has 2 saturated heterocycles. The van der Waals surface area contributed by atoms with Crippen molar-refractivity contribution in [2.75, 3.05) is 39.8 Å². The van der Waals surface area contributed by atoms with Gasteiger partial charge < -0.3 is 20.0 Å². The number of piperidine rings is 1. The highest BCUT2D eigenvalue weighted by molar-refractivity contribution is 5.93. The van der Waals surface area contributed by atoms with Gasteiger partial charge in [0, 0.05) is 31.9 Å². The van der Waals surface area contributed by atoms with Gasteiger partial charge in [-0.2, -0.15) is 0 Å². The minimum atomic E-state index is -0.0592. The van der Waals surface area contributed by atoms with Crippen molar-refractivity contribution in [1.82, 2.24) is 25.0 Å². The molecule has 0 atom stereocenters. The Labute approximate surface area is 149 Å². The summed E-state index contributed by atoms with van der Waals surface area (Å²) in [7, 11) is 2.11. The van der Waals surface area contributed by atoms with Crippen LogP contribution < -0.4 is 5.32 Å². The van der Waals surface area contributed by atoms with Crippen LogP contribution in [0.3, 0.4) is 0 Å². The first-order chi connectivity index (χ1) is 12.1. The highest BCUT2D eigenvalue weighted by atomic mass is 16.2. The molecule has 0 aromatic carbocycles. The van der Waals surface area contributed by atoms with Crippen molar-refractivity contribution in [3.8, 4) is 0 Å². The maximum atomic E-state index is 12.6. The third kappa shape index (κ3) is 3.92. The van der Waals surface area contributed by atoms with Gasteiger partial charge in [-0.25, -0.2) is 4.79 Å². The Hall–Kier alpha value is -2.15. The van der Waals surface area contributed by atoms with Gasteiger partial charge in [0.15, 0.2) is 0 Å². The largest absolute Gasteiger partial charge is 0.338 e. The number of likely N-dealkylation sites (tertiary alicyclic amines) is 2. The monoisotopic (exact) mass is 345 g/mol. The Kier molecular flexibility index (Phi) is 5.53. The van der Waals surface area contributed by atoms with Crippen molar-refractivity contribution in [3.63, 3.8) is 0 Å². The van der Waals surface area contributed by atoms with E-state index in [1.54, 1.807) is 23.2 Å². The average Bonchev–Trinajstić information content (AvgIpc) is 2.59. The number of amides is 3. The lowest BCUT2D eigenvalue weighted by molar-refractivity contribution is 0.0160. The Balaban J connectivity index is 1.63. The zero-order chi connectivity index (χ0) is 17.8. The molecule has 3 amide bonds. The first kappa shape index (κ1) is 17.7. The molecule has 3 rings (SSSR count). The molecule has 0 aliphatic carbocycles. The van der Waals surface area contributed by atoms with E-state index in [1.807, 2.05) is 17.9 Å². The zero-order valence-electron chi connectivity index (χ0n) is 15.0. The molecule has 1 aromatic heterocycles. The summed E-state index contributed by atoms with van der Waals surface area (Å²) in [5, 5.41) is 2.94. The minimum absolute atomic E-state index is 0.00742. The number of aromatic nitrogens is 1. The normalized spacial score (nSPS) is 19.4. The first-order valence-electron chi connectivity index (χ1n) is 9.05. The Morgan fingerprint density at radius 1 is 1.24 bits per heavy atom. The van der Waals surface area contributed by atoms with Gasteiger partial charge >= 0.3 is 6.03 Å². The fourth-order valence-electron chi connectivity index (χ4n) is 3.59. The first-order valence-corrected chi connectivity index (χ1v) is 9.05. The summed E-state index contributed by atoms with van der Waals surface area (Å²) in [5.74, 6) is -0.0592. The van der Waals surface area contributed by atoms with Gasteiger partial charge in [0.2, 0.25) is 0 Å². The lowest BCUT2D eigenvalue weighted by Crippen LogP contribution is -2.66. The summed E-state index contributed by atoms with van der Waals surface area (Å²) in [5.41, 5.74) is 0.463. The summed E-state index contributed by atoms with van der Waals surface area (Å²) in [4.78, 5) is 35.2. The molecule has 0 radical (unpaired) electrons. The summed E-state index contributed by atoms with van der Waals surface area (Å²) in [6.45, 7) is 5.72. The minimum Gasteiger partial charge on any atom is -0.338 e. The van der Waals surface area contributed by atoms with E-state index in [-0.39, 0.29) is 24.0 Å². The number of rotatable bonds is 4. The van der Waals surface area contributed by atoms with Crippen LogP contribution in [0.1, 0.15) is 30.3 Å². The van der Waals surface area contributed by atoms with E-state index < -0.39 is 0 Å². The van der Waals surface area contributed by atoms with Crippen molar-refractivity contribution < 1.29 is 9.59 Å². The van der Waals surface area contributed by atoms with Crippen LogP contribution in [0.15, 0.2) is 24.4 Å². The Bertz CT molecular complexity index is 595. The summed E-state index contributed by atoms with van der Waals surface area (Å²) < 4.78 is 0. The fraction of sp³-hybridized carbons (Fsp3) is 0.611. The van der Waals surface area contributed by atoms with Crippen molar-refractivity contribution in [2.45, 2.75) is 31.8 Å². The number of hydrogen-bond donors (Lipinski definition) is 1. The number of urea groups is 1. The molecule has 2 aliphatic heterocycles. The van der Waals surface area contributed by atoms with Crippen molar-refractivity contribution in [3.05, 3.63) is 30.1 Å². The van der Waals surface area contributed by atoms with E-state index in [0.29, 0.717) is 25.3 Å². The van der Waals surface area contributed by atoms with E-state index in [4.69, 9.17) is 0 Å². The van der Waals surface area contributed by atoms with E-state index in [1.165, 1.54) is 0 Å². The standard InChI is InChI=1S/C18H27N5O2/c1-3-19-18(25)23(14-7-10-21(2)11-8-14)15-12-22(13-15)17(24)16-6-4-5-9-20-16/h4-6,9,14-15H,3,7-8,10-13H2,1-2H3,(H,19,25). The molecule has 136 valence electrons. The van der Waals surface area contributed by atoms with Crippen LogP contribution in [-0.2, 0) is 0 Å². The van der Waals surface area contributed by atoms with Crippen LogP contribution in [0.25, 0.3) is 0 Å². The number of hydrogen-bond acceptors (Lipinski definition) is 4. The summed E-state index contributed by atoms with van der Waals surface area (Å²) in [6.07, 6.45) is 3.60. The third-order valence-corrected chi connectivity index (χ3v) is 5.07. The molecule has 0 saturated carbocycles. The van der Waals surface area contributed by atoms with Gasteiger partial charge in [0.1, 0.15) is 5.69 Å². The summed E-state index contributed by atoms with van der Waals surface area (Å²) in [6, 6.07) is 5.68. The molecule has 0 spiro atoms.